The number of unbranched alkanes of at least 4 members (excludes halogenated alkanes) is 2. The minimum Gasteiger partial charge on any atom is -0.490 e. The molecular weight excluding hydrogens is 309 g/mol. The molecule has 0 saturated carbocycles. The van der Waals surface area contributed by atoms with E-state index in [9.17, 15) is 13.2 Å². The van der Waals surface area contributed by atoms with Crippen LogP contribution in [0.5, 0.6) is 11.5 Å². The largest absolute Gasteiger partial charge is 0.573 e. The number of halogens is 3. The number of rotatable bonds is 7. The molecule has 0 fully saturated rings. The average molecular weight is 326 g/mol. The fourth-order valence-corrected chi connectivity index (χ4v) is 1.89. The maximum Gasteiger partial charge on any atom is 0.573 e. The van der Waals surface area contributed by atoms with Crippen molar-refractivity contribution in [2.75, 3.05) is 6.61 Å². The Morgan fingerprint density at radius 2 is 1.61 bits per heavy atom. The second-order valence-electron chi connectivity index (χ2n) is 4.87. The van der Waals surface area contributed by atoms with Gasteiger partial charge in [-0.05, 0) is 30.7 Å². The van der Waals surface area contributed by atoms with Gasteiger partial charge in [-0.2, -0.15) is 0 Å². The Labute approximate surface area is 132 Å². The molecule has 0 atom stereocenters. The number of aromatic nitrogens is 2. The number of ether oxygens (including phenoxy) is 2. The quantitative estimate of drug-likeness (QED) is 0.697. The third-order valence-corrected chi connectivity index (χ3v) is 2.99. The fraction of sp³-hybridized carbons (Fsp3) is 0.375. The number of nitrogens with zero attached hydrogens (tertiary/aromatic N) is 2. The molecule has 0 N–H and O–H groups in total. The van der Waals surface area contributed by atoms with Crippen LogP contribution in [0.4, 0.5) is 13.2 Å². The summed E-state index contributed by atoms with van der Waals surface area (Å²) < 4.78 is 45.6. The molecule has 0 spiro atoms. The summed E-state index contributed by atoms with van der Waals surface area (Å²) >= 11 is 0. The summed E-state index contributed by atoms with van der Waals surface area (Å²) in [6.07, 6.45) is 1.59. The van der Waals surface area contributed by atoms with Gasteiger partial charge in [-0.25, -0.2) is 9.97 Å². The van der Waals surface area contributed by atoms with Crippen molar-refractivity contribution in [1.29, 1.82) is 0 Å². The van der Waals surface area contributed by atoms with Crippen LogP contribution >= 0.6 is 0 Å². The van der Waals surface area contributed by atoms with Crippen molar-refractivity contribution < 1.29 is 22.6 Å². The molecule has 0 bridgehead atoms. The highest BCUT2D eigenvalue weighted by Crippen LogP contribution is 2.25. The zero-order chi connectivity index (χ0) is 16.7. The van der Waals surface area contributed by atoms with E-state index in [1.807, 2.05) is 0 Å². The highest BCUT2D eigenvalue weighted by Gasteiger charge is 2.30. The van der Waals surface area contributed by atoms with Gasteiger partial charge < -0.3 is 9.47 Å². The monoisotopic (exact) mass is 326 g/mol. The van der Waals surface area contributed by atoms with E-state index in [2.05, 4.69) is 21.6 Å². The minimum absolute atomic E-state index is 0.280. The van der Waals surface area contributed by atoms with Gasteiger partial charge in [-0.1, -0.05) is 19.8 Å². The van der Waals surface area contributed by atoms with Crippen LogP contribution in [0.2, 0.25) is 0 Å². The molecule has 1 aromatic carbocycles. The van der Waals surface area contributed by atoms with Gasteiger partial charge in [0.15, 0.2) is 11.6 Å². The molecule has 0 aliphatic heterocycles. The molecule has 0 unspecified atom stereocenters. The Bertz CT molecular complexity index is 598. The molecule has 2 rings (SSSR count). The van der Waals surface area contributed by atoms with Crippen molar-refractivity contribution in [2.45, 2.75) is 32.5 Å². The van der Waals surface area contributed by atoms with Crippen LogP contribution in [-0.2, 0) is 0 Å². The predicted molar refractivity (Wildman–Crippen MR) is 79.2 cm³/mol. The molecule has 2 aromatic rings. The van der Waals surface area contributed by atoms with E-state index < -0.39 is 6.36 Å². The van der Waals surface area contributed by atoms with E-state index in [0.29, 0.717) is 23.7 Å². The van der Waals surface area contributed by atoms with Crippen LogP contribution in [0.15, 0.2) is 36.7 Å². The van der Waals surface area contributed by atoms with E-state index in [1.165, 1.54) is 24.3 Å². The second-order valence-corrected chi connectivity index (χ2v) is 4.87. The van der Waals surface area contributed by atoms with Crippen LogP contribution in [0, 0.1) is 0 Å². The third-order valence-electron chi connectivity index (χ3n) is 2.99. The van der Waals surface area contributed by atoms with Gasteiger partial charge in [-0.3, -0.25) is 0 Å². The van der Waals surface area contributed by atoms with Gasteiger partial charge in [0.25, 0.3) is 0 Å². The van der Waals surface area contributed by atoms with Crippen LogP contribution < -0.4 is 9.47 Å². The highest BCUT2D eigenvalue weighted by molar-refractivity contribution is 5.56. The average Bonchev–Trinajstić information content (AvgIpc) is 2.52. The molecule has 23 heavy (non-hydrogen) atoms. The van der Waals surface area contributed by atoms with E-state index in [-0.39, 0.29) is 5.75 Å². The Hall–Kier alpha value is -2.31. The normalized spacial score (nSPS) is 11.3. The molecule has 1 heterocycles. The van der Waals surface area contributed by atoms with Crippen molar-refractivity contribution >= 4 is 0 Å². The van der Waals surface area contributed by atoms with Crippen LogP contribution in [0.25, 0.3) is 11.4 Å². The Kier molecular flexibility index (Phi) is 5.78. The summed E-state index contributed by atoms with van der Waals surface area (Å²) in [5, 5.41) is 0. The number of hydrogen-bond acceptors (Lipinski definition) is 4. The van der Waals surface area contributed by atoms with Gasteiger partial charge in [0, 0.05) is 5.56 Å². The fourth-order valence-electron chi connectivity index (χ4n) is 1.89. The number of benzene rings is 1. The molecule has 1 aromatic heterocycles. The topological polar surface area (TPSA) is 44.2 Å². The molecule has 0 amide bonds. The van der Waals surface area contributed by atoms with E-state index in [4.69, 9.17) is 4.74 Å². The summed E-state index contributed by atoms with van der Waals surface area (Å²) in [7, 11) is 0. The van der Waals surface area contributed by atoms with Crippen LogP contribution in [0.3, 0.4) is 0 Å². The molecule has 0 saturated heterocycles. The van der Waals surface area contributed by atoms with Crippen LogP contribution in [-0.4, -0.2) is 22.9 Å². The maximum atomic E-state index is 12.1. The first-order valence-corrected chi connectivity index (χ1v) is 7.29. The first-order valence-electron chi connectivity index (χ1n) is 7.29. The lowest BCUT2D eigenvalue weighted by Crippen LogP contribution is -2.16. The van der Waals surface area contributed by atoms with Crippen molar-refractivity contribution in [3.63, 3.8) is 0 Å². The third kappa shape index (κ3) is 5.77. The van der Waals surface area contributed by atoms with Crippen molar-refractivity contribution in [1.82, 2.24) is 9.97 Å². The molecule has 0 aliphatic carbocycles. The first kappa shape index (κ1) is 17.1. The predicted octanol–water partition coefficient (Wildman–Crippen LogP) is 4.61. The first-order chi connectivity index (χ1) is 11.0. The minimum atomic E-state index is -4.70. The summed E-state index contributed by atoms with van der Waals surface area (Å²) in [6, 6.07) is 5.39. The van der Waals surface area contributed by atoms with Crippen molar-refractivity contribution in [3.8, 4) is 22.9 Å². The second kappa shape index (κ2) is 7.80. The van der Waals surface area contributed by atoms with Gasteiger partial charge in [0.05, 0.1) is 19.0 Å². The zero-order valence-corrected chi connectivity index (χ0v) is 12.6. The van der Waals surface area contributed by atoms with E-state index in [1.54, 1.807) is 12.4 Å². The molecule has 4 nitrogen and oxygen atoms in total. The number of hydrogen-bond donors (Lipinski definition) is 0. The Balaban J connectivity index is 1.96. The van der Waals surface area contributed by atoms with Gasteiger partial charge in [0.2, 0.25) is 0 Å². The van der Waals surface area contributed by atoms with Gasteiger partial charge >= 0.3 is 6.36 Å². The van der Waals surface area contributed by atoms with Gasteiger partial charge in [0.1, 0.15) is 5.75 Å². The SMILES string of the molecule is CCCCCOc1cnc(-c2ccc(OC(F)(F)F)cc2)nc1. The lowest BCUT2D eigenvalue weighted by Gasteiger charge is -2.09. The lowest BCUT2D eigenvalue weighted by molar-refractivity contribution is -0.274. The van der Waals surface area contributed by atoms with Crippen LogP contribution in [0.1, 0.15) is 26.2 Å². The Morgan fingerprint density at radius 1 is 0.957 bits per heavy atom. The molecular formula is C16H17F3N2O2. The molecule has 0 aliphatic rings. The van der Waals surface area contributed by atoms with Crippen molar-refractivity contribution in [3.05, 3.63) is 36.7 Å². The molecule has 124 valence electrons. The standard InChI is InChI=1S/C16H17F3N2O2/c1-2-3-4-9-22-14-10-20-15(21-11-14)12-5-7-13(8-6-12)23-16(17,18)19/h5-8,10-11H,2-4,9H2,1H3. The number of alkyl halides is 3. The molecule has 7 heteroatoms. The summed E-state index contributed by atoms with van der Waals surface area (Å²) in [5.41, 5.74) is 0.594. The molecule has 0 radical (unpaired) electrons. The van der Waals surface area contributed by atoms with Gasteiger partial charge in [-0.15, -0.1) is 13.2 Å². The summed E-state index contributed by atoms with van der Waals surface area (Å²) in [4.78, 5) is 8.31. The van der Waals surface area contributed by atoms with E-state index >= 15 is 0 Å². The summed E-state index contributed by atoms with van der Waals surface area (Å²) in [6.45, 7) is 2.73. The zero-order valence-electron chi connectivity index (χ0n) is 12.6. The van der Waals surface area contributed by atoms with Crippen molar-refractivity contribution in [2.24, 2.45) is 0 Å². The Morgan fingerprint density at radius 3 is 2.17 bits per heavy atom. The highest BCUT2D eigenvalue weighted by atomic mass is 19.4. The van der Waals surface area contributed by atoms with E-state index in [0.717, 1.165) is 19.3 Å². The summed E-state index contributed by atoms with van der Waals surface area (Å²) in [5.74, 6) is 0.698. The lowest BCUT2D eigenvalue weighted by atomic mass is 10.2. The maximum absolute atomic E-state index is 12.1. The smallest absolute Gasteiger partial charge is 0.490 e.